The van der Waals surface area contributed by atoms with Crippen LogP contribution in [0.1, 0.15) is 26.5 Å². The molecule has 8 heteroatoms. The number of nitrogens with zero attached hydrogens (tertiary/aromatic N) is 3. The smallest absolute Gasteiger partial charge is 0.359 e. The first-order chi connectivity index (χ1) is 9.52. The minimum absolute atomic E-state index is 0.103. The number of carboxylic acid groups (broad SMARTS) is 2. The van der Waals surface area contributed by atoms with Crippen LogP contribution < -0.4 is 4.74 Å². The van der Waals surface area contributed by atoms with Gasteiger partial charge >= 0.3 is 11.9 Å². The molecular formula is C12H11N3O5. The third-order valence-corrected chi connectivity index (χ3v) is 2.63. The van der Waals surface area contributed by atoms with E-state index < -0.39 is 23.3 Å². The van der Waals surface area contributed by atoms with Gasteiger partial charge in [0.15, 0.2) is 5.69 Å². The lowest BCUT2D eigenvalue weighted by atomic mass is 10.2. The largest absolute Gasteiger partial charge is 0.497 e. The van der Waals surface area contributed by atoms with Crippen molar-refractivity contribution in [2.24, 2.45) is 0 Å². The molecule has 0 aliphatic rings. The van der Waals surface area contributed by atoms with E-state index >= 15 is 0 Å². The molecule has 2 rings (SSSR count). The molecule has 0 radical (unpaired) electrons. The Kier molecular flexibility index (Phi) is 3.65. The van der Waals surface area contributed by atoms with Crippen LogP contribution >= 0.6 is 0 Å². The maximum absolute atomic E-state index is 11.1. The molecule has 8 nitrogen and oxygen atoms in total. The number of carboxylic acids is 2. The van der Waals surface area contributed by atoms with Crippen molar-refractivity contribution in [3.05, 3.63) is 41.2 Å². The van der Waals surface area contributed by atoms with Crippen molar-refractivity contribution in [1.29, 1.82) is 0 Å². The molecule has 2 aromatic rings. The van der Waals surface area contributed by atoms with Gasteiger partial charge in [-0.15, -0.1) is 5.10 Å². The Morgan fingerprint density at radius 1 is 1.20 bits per heavy atom. The summed E-state index contributed by atoms with van der Waals surface area (Å²) in [6.07, 6.45) is 0. The molecule has 0 amide bonds. The van der Waals surface area contributed by atoms with Gasteiger partial charge in [-0.3, -0.25) is 0 Å². The monoisotopic (exact) mass is 277 g/mol. The molecular weight excluding hydrogens is 266 g/mol. The molecule has 1 heterocycles. The average molecular weight is 277 g/mol. The number of benzene rings is 1. The standard InChI is InChI=1S/C12H11N3O5/c1-20-8-4-2-7(3-5-8)6-15-10(12(18)19)9(11(16)17)13-14-15/h2-5H,6H2,1H3,(H,16,17)(H,18,19). The molecule has 0 fully saturated rings. The summed E-state index contributed by atoms with van der Waals surface area (Å²) < 4.78 is 6.05. The summed E-state index contributed by atoms with van der Waals surface area (Å²) in [7, 11) is 1.54. The zero-order valence-corrected chi connectivity index (χ0v) is 10.5. The zero-order valence-electron chi connectivity index (χ0n) is 10.5. The van der Waals surface area contributed by atoms with Gasteiger partial charge in [-0.1, -0.05) is 17.3 Å². The number of methoxy groups -OCH3 is 1. The van der Waals surface area contributed by atoms with E-state index in [1.165, 1.54) is 7.11 Å². The highest BCUT2D eigenvalue weighted by molar-refractivity contribution is 5.98. The third-order valence-electron chi connectivity index (χ3n) is 2.63. The molecule has 0 aliphatic carbocycles. The Labute approximate surface area is 113 Å². The van der Waals surface area contributed by atoms with Crippen molar-refractivity contribution in [2.75, 3.05) is 7.11 Å². The lowest BCUT2D eigenvalue weighted by molar-refractivity contribution is 0.0640. The molecule has 20 heavy (non-hydrogen) atoms. The van der Waals surface area contributed by atoms with Crippen molar-refractivity contribution < 1.29 is 24.5 Å². The Hall–Kier alpha value is -2.90. The van der Waals surface area contributed by atoms with Crippen LogP contribution in [0.2, 0.25) is 0 Å². The van der Waals surface area contributed by atoms with Crippen LogP contribution in [-0.2, 0) is 6.54 Å². The van der Waals surface area contributed by atoms with Crippen molar-refractivity contribution >= 4 is 11.9 Å². The Morgan fingerprint density at radius 2 is 1.85 bits per heavy atom. The minimum Gasteiger partial charge on any atom is -0.497 e. The van der Waals surface area contributed by atoms with Crippen LogP contribution in [0.4, 0.5) is 0 Å². The van der Waals surface area contributed by atoms with Crippen molar-refractivity contribution in [2.45, 2.75) is 6.54 Å². The molecule has 0 aliphatic heterocycles. The number of carbonyl (C=O) groups is 2. The number of aromatic carboxylic acids is 2. The van der Waals surface area contributed by atoms with Crippen LogP contribution in [0.25, 0.3) is 0 Å². The first-order valence-electron chi connectivity index (χ1n) is 5.56. The van der Waals surface area contributed by atoms with Crippen LogP contribution in [0.15, 0.2) is 24.3 Å². The number of ether oxygens (including phenoxy) is 1. The summed E-state index contributed by atoms with van der Waals surface area (Å²) in [6, 6.07) is 6.88. The fourth-order valence-electron chi connectivity index (χ4n) is 1.68. The van der Waals surface area contributed by atoms with E-state index in [4.69, 9.17) is 14.9 Å². The second-order valence-corrected chi connectivity index (χ2v) is 3.90. The molecule has 1 aromatic heterocycles. The highest BCUT2D eigenvalue weighted by Gasteiger charge is 2.24. The van der Waals surface area contributed by atoms with Crippen molar-refractivity contribution in [3.63, 3.8) is 0 Å². The minimum atomic E-state index is -1.43. The Morgan fingerprint density at radius 3 is 2.35 bits per heavy atom. The molecule has 0 spiro atoms. The lowest BCUT2D eigenvalue weighted by Gasteiger charge is -2.05. The fourth-order valence-corrected chi connectivity index (χ4v) is 1.68. The van der Waals surface area contributed by atoms with Gasteiger partial charge in [0.25, 0.3) is 0 Å². The Bertz CT molecular complexity index is 648. The zero-order chi connectivity index (χ0) is 14.7. The summed E-state index contributed by atoms with van der Waals surface area (Å²) in [5, 5.41) is 24.9. The summed E-state index contributed by atoms with van der Waals surface area (Å²) in [4.78, 5) is 22.0. The van der Waals surface area contributed by atoms with E-state index in [2.05, 4.69) is 10.3 Å². The summed E-state index contributed by atoms with van der Waals surface area (Å²) in [5.41, 5.74) is -0.283. The van der Waals surface area contributed by atoms with Gasteiger partial charge in [0.1, 0.15) is 5.75 Å². The van der Waals surface area contributed by atoms with Gasteiger partial charge in [0.05, 0.1) is 13.7 Å². The van der Waals surface area contributed by atoms with Crippen LogP contribution in [0.5, 0.6) is 5.75 Å². The van der Waals surface area contributed by atoms with Crippen LogP contribution in [-0.4, -0.2) is 44.3 Å². The van der Waals surface area contributed by atoms with Gasteiger partial charge in [-0.05, 0) is 17.7 Å². The first kappa shape index (κ1) is 13.5. The molecule has 104 valence electrons. The van der Waals surface area contributed by atoms with E-state index in [0.717, 1.165) is 10.2 Å². The molecule has 0 saturated heterocycles. The molecule has 1 aromatic carbocycles. The van der Waals surface area contributed by atoms with E-state index in [1.807, 2.05) is 0 Å². The summed E-state index contributed by atoms with van der Waals surface area (Å²) in [5.74, 6) is -2.15. The number of hydrogen-bond acceptors (Lipinski definition) is 5. The molecule has 0 saturated carbocycles. The van der Waals surface area contributed by atoms with Gasteiger partial charge in [0, 0.05) is 0 Å². The van der Waals surface area contributed by atoms with E-state index in [9.17, 15) is 9.59 Å². The first-order valence-corrected chi connectivity index (χ1v) is 5.56. The quantitative estimate of drug-likeness (QED) is 0.827. The normalized spacial score (nSPS) is 10.2. The third kappa shape index (κ3) is 2.58. The molecule has 0 bridgehead atoms. The predicted octanol–water partition coefficient (Wildman–Crippen LogP) is 0.731. The number of aromatic nitrogens is 3. The average Bonchev–Trinajstić information content (AvgIpc) is 2.83. The summed E-state index contributed by atoms with van der Waals surface area (Å²) >= 11 is 0. The topological polar surface area (TPSA) is 115 Å². The van der Waals surface area contributed by atoms with E-state index in [0.29, 0.717) is 5.75 Å². The SMILES string of the molecule is COc1ccc(Cn2nnc(C(=O)O)c2C(=O)O)cc1. The van der Waals surface area contributed by atoms with Crippen LogP contribution in [0.3, 0.4) is 0 Å². The van der Waals surface area contributed by atoms with E-state index in [-0.39, 0.29) is 6.54 Å². The molecule has 0 atom stereocenters. The highest BCUT2D eigenvalue weighted by Crippen LogP contribution is 2.14. The second-order valence-electron chi connectivity index (χ2n) is 3.90. The number of rotatable bonds is 5. The van der Waals surface area contributed by atoms with Gasteiger partial charge < -0.3 is 14.9 Å². The van der Waals surface area contributed by atoms with Gasteiger partial charge in [-0.25, -0.2) is 14.3 Å². The van der Waals surface area contributed by atoms with Crippen molar-refractivity contribution in [1.82, 2.24) is 15.0 Å². The van der Waals surface area contributed by atoms with Crippen LogP contribution in [0, 0.1) is 0 Å². The van der Waals surface area contributed by atoms with Crippen molar-refractivity contribution in [3.8, 4) is 5.75 Å². The highest BCUT2D eigenvalue weighted by atomic mass is 16.5. The predicted molar refractivity (Wildman–Crippen MR) is 66.0 cm³/mol. The maximum atomic E-state index is 11.1. The Balaban J connectivity index is 2.33. The molecule has 2 N–H and O–H groups in total. The fraction of sp³-hybridized carbons (Fsp3) is 0.167. The summed E-state index contributed by atoms with van der Waals surface area (Å²) in [6.45, 7) is 0.103. The van der Waals surface area contributed by atoms with E-state index in [1.54, 1.807) is 24.3 Å². The number of hydrogen-bond donors (Lipinski definition) is 2. The second kappa shape index (κ2) is 5.39. The van der Waals surface area contributed by atoms with Gasteiger partial charge in [0.2, 0.25) is 5.69 Å². The lowest BCUT2D eigenvalue weighted by Crippen LogP contribution is -2.14. The van der Waals surface area contributed by atoms with Gasteiger partial charge in [-0.2, -0.15) is 0 Å². The maximum Gasteiger partial charge on any atom is 0.359 e. The molecule has 0 unspecified atom stereocenters.